The van der Waals surface area contributed by atoms with E-state index in [0.717, 1.165) is 29.7 Å². The fourth-order valence-corrected chi connectivity index (χ4v) is 5.31. The summed E-state index contributed by atoms with van der Waals surface area (Å²) in [7, 11) is -10.7. The van der Waals surface area contributed by atoms with Crippen LogP contribution in [-0.2, 0) is 27.5 Å². The third-order valence-electron chi connectivity index (χ3n) is 4.69. The molecule has 0 aliphatic rings. The third-order valence-corrected chi connectivity index (χ3v) is 8.11. The summed E-state index contributed by atoms with van der Waals surface area (Å²) in [6.45, 7) is 4.32. The van der Waals surface area contributed by atoms with Crippen molar-refractivity contribution < 1.29 is 186 Å². The fourth-order valence-electron chi connectivity index (χ4n) is 3.09. The van der Waals surface area contributed by atoms with Gasteiger partial charge in [0.15, 0.2) is 0 Å². The molecule has 1 atom stereocenters. The molecule has 0 aromatic heterocycles. The molecule has 2 rings (SSSR count). The molecule has 0 aliphatic carbocycles. The molecule has 0 radical (unpaired) electrons. The zero-order chi connectivity index (χ0) is 22.4. The Morgan fingerprint density at radius 1 is 0.939 bits per heavy atom. The Hall–Kier alpha value is 3.21. The monoisotopic (exact) mass is 570 g/mol. The van der Waals surface area contributed by atoms with Gasteiger partial charge in [0.1, 0.15) is 21.6 Å². The second kappa shape index (κ2) is 18.5. The molecule has 33 heavy (non-hydrogen) atoms. The predicted molar refractivity (Wildman–Crippen MR) is 110 cm³/mol. The van der Waals surface area contributed by atoms with Crippen LogP contribution in [0.2, 0.25) is 0 Å². The Kier molecular flexibility index (Phi) is 21.5. The summed E-state index contributed by atoms with van der Waals surface area (Å²) < 4.78 is 50.3. The van der Waals surface area contributed by atoms with E-state index in [1.165, 1.54) is 0 Å². The van der Waals surface area contributed by atoms with Crippen LogP contribution < -0.4 is 169 Å². The van der Waals surface area contributed by atoms with Gasteiger partial charge in [-0.1, -0.05) is 51.8 Å². The standard InChI is InChI=1S/C21H29O7PS.3K/c1-16(2)13-14-18-9-3-4-11-20(18)28-19-10-5-7-17(15-19)8-6-12-21(29(22,23)24)30(25,26)27;;;/h3-5,7,9-11,15-16,21H,6,8,12-14H2,1-2H3,(H2,22,23,24)(H,25,26,27);;;/q;3*+1/p-3. The minimum Gasteiger partial charge on any atom is -0.810 e. The summed E-state index contributed by atoms with van der Waals surface area (Å²) in [6.07, 6.45) is 1.77. The molecule has 1 unspecified atom stereocenters. The van der Waals surface area contributed by atoms with Crippen molar-refractivity contribution in [2.45, 2.75) is 50.9 Å². The molecule has 0 aliphatic heterocycles. The quantitative estimate of drug-likeness (QED) is 0.150. The molecular formula is C21H26K3O7PS. The number of rotatable bonds is 11. The van der Waals surface area contributed by atoms with E-state index >= 15 is 0 Å². The Labute approximate surface area is 324 Å². The molecule has 2 aromatic rings. The Balaban J connectivity index is 0. The van der Waals surface area contributed by atoms with Gasteiger partial charge >= 0.3 is 154 Å². The number of ether oxygens (including phenoxy) is 1. The van der Waals surface area contributed by atoms with Crippen LogP contribution in [0.5, 0.6) is 11.5 Å². The van der Waals surface area contributed by atoms with E-state index < -0.39 is 29.1 Å². The second-order valence-corrected chi connectivity index (χ2v) is 11.3. The Morgan fingerprint density at radius 3 is 2.15 bits per heavy atom. The molecule has 0 spiro atoms. The number of hydrogen-bond acceptors (Lipinski definition) is 7. The van der Waals surface area contributed by atoms with Crippen molar-refractivity contribution in [3.63, 3.8) is 0 Å². The molecule has 0 heterocycles. The molecule has 0 fully saturated rings. The molecule has 0 saturated heterocycles. The minimum atomic E-state index is -5.52. The van der Waals surface area contributed by atoms with Gasteiger partial charge in [0.05, 0.1) is 4.99 Å². The van der Waals surface area contributed by atoms with E-state index in [1.807, 2.05) is 24.3 Å². The van der Waals surface area contributed by atoms with Gasteiger partial charge in [-0.05, 0) is 67.3 Å². The van der Waals surface area contributed by atoms with Crippen LogP contribution in [0.25, 0.3) is 0 Å². The van der Waals surface area contributed by atoms with Crippen LogP contribution in [0.4, 0.5) is 0 Å². The first-order chi connectivity index (χ1) is 14.0. The Bertz CT molecular complexity index is 997. The smallest absolute Gasteiger partial charge is 0.810 e. The van der Waals surface area contributed by atoms with Crippen molar-refractivity contribution >= 4 is 17.7 Å². The third kappa shape index (κ3) is 14.8. The zero-order valence-corrected chi connectivity index (χ0v) is 31.1. The molecule has 2 aromatic carbocycles. The molecular weight excluding hydrogens is 545 g/mol. The zero-order valence-electron chi connectivity index (χ0n) is 20.0. The van der Waals surface area contributed by atoms with Crippen LogP contribution in [-0.4, -0.2) is 18.0 Å². The molecule has 0 bridgehead atoms. The molecule has 12 heteroatoms. The van der Waals surface area contributed by atoms with E-state index in [2.05, 4.69) is 13.8 Å². The van der Waals surface area contributed by atoms with Gasteiger partial charge < -0.3 is 23.6 Å². The molecule has 0 amide bonds. The van der Waals surface area contributed by atoms with E-state index in [9.17, 15) is 27.3 Å². The first-order valence-corrected chi connectivity index (χ1v) is 12.9. The van der Waals surface area contributed by atoms with Crippen LogP contribution in [0, 0.1) is 5.92 Å². The SMILES string of the molecule is CC(C)CCc1ccccc1Oc1cccc(CCCC(P(=O)([O-])[O-])S(=O)(=O)[O-])c1.[K+].[K+].[K+]. The first-order valence-electron chi connectivity index (χ1n) is 9.78. The average molecular weight is 571 g/mol. The van der Waals surface area contributed by atoms with Crippen LogP contribution in [0.15, 0.2) is 48.5 Å². The van der Waals surface area contributed by atoms with Gasteiger partial charge in [0, 0.05) is 0 Å². The summed E-state index contributed by atoms with van der Waals surface area (Å²) >= 11 is 0. The van der Waals surface area contributed by atoms with Crippen LogP contribution in [0.1, 0.15) is 44.2 Å². The second-order valence-electron chi connectivity index (χ2n) is 7.67. The van der Waals surface area contributed by atoms with Crippen molar-refractivity contribution in [2.24, 2.45) is 5.92 Å². The number of hydrogen-bond donors (Lipinski definition) is 0. The van der Waals surface area contributed by atoms with E-state index in [1.54, 1.807) is 24.3 Å². The number of aryl methyl sites for hydroxylation is 2. The van der Waals surface area contributed by atoms with E-state index in [-0.39, 0.29) is 161 Å². The van der Waals surface area contributed by atoms with Gasteiger partial charge in [-0.15, -0.1) is 0 Å². The number of benzene rings is 2. The van der Waals surface area contributed by atoms with Crippen molar-refractivity contribution in [1.82, 2.24) is 0 Å². The van der Waals surface area contributed by atoms with Gasteiger partial charge in [0.25, 0.3) is 0 Å². The van der Waals surface area contributed by atoms with Gasteiger partial charge in [-0.25, -0.2) is 8.42 Å². The summed E-state index contributed by atoms with van der Waals surface area (Å²) in [5.74, 6) is 1.92. The maximum Gasteiger partial charge on any atom is 1.00 e. The molecule has 7 nitrogen and oxygen atoms in total. The van der Waals surface area contributed by atoms with E-state index in [4.69, 9.17) is 4.74 Å². The summed E-state index contributed by atoms with van der Waals surface area (Å²) in [5, 5.41) is 0. The van der Waals surface area contributed by atoms with Crippen molar-refractivity contribution in [1.29, 1.82) is 0 Å². The summed E-state index contributed by atoms with van der Waals surface area (Å²) in [6, 6.07) is 14.9. The minimum absolute atomic E-state index is 0. The Morgan fingerprint density at radius 2 is 1.58 bits per heavy atom. The average Bonchev–Trinajstić information content (AvgIpc) is 2.63. The molecule has 166 valence electrons. The van der Waals surface area contributed by atoms with Crippen molar-refractivity contribution in [2.75, 3.05) is 0 Å². The van der Waals surface area contributed by atoms with Gasteiger partial charge in [0.2, 0.25) is 0 Å². The van der Waals surface area contributed by atoms with E-state index in [0.29, 0.717) is 18.1 Å². The van der Waals surface area contributed by atoms with Crippen molar-refractivity contribution in [3.8, 4) is 11.5 Å². The first kappa shape index (κ1) is 38.4. The topological polar surface area (TPSA) is 130 Å². The normalized spacial score (nSPS) is 12.2. The van der Waals surface area contributed by atoms with Gasteiger partial charge in [-0.2, -0.15) is 0 Å². The summed E-state index contributed by atoms with van der Waals surface area (Å²) in [5.41, 5.74) is 1.88. The van der Waals surface area contributed by atoms with Crippen LogP contribution in [0.3, 0.4) is 0 Å². The maximum atomic E-state index is 11.1. The number of para-hydroxylation sites is 1. The predicted octanol–water partition coefficient (Wildman–Crippen LogP) is -5.81. The van der Waals surface area contributed by atoms with Gasteiger partial charge in [-0.3, -0.25) is 0 Å². The van der Waals surface area contributed by atoms with Crippen LogP contribution >= 0.6 is 7.60 Å². The fraction of sp³-hybridized carbons (Fsp3) is 0.429. The molecule has 0 saturated carbocycles. The van der Waals surface area contributed by atoms with Crippen molar-refractivity contribution in [3.05, 3.63) is 59.7 Å². The maximum absolute atomic E-state index is 11.1. The summed E-state index contributed by atoms with van der Waals surface area (Å²) in [4.78, 5) is 19.7. The molecule has 0 N–H and O–H groups in total. The largest absolute Gasteiger partial charge is 1.00 e.